The topological polar surface area (TPSA) is 41.5 Å². The van der Waals surface area contributed by atoms with E-state index >= 15 is 0 Å². The number of ether oxygens (including phenoxy) is 1. The monoisotopic (exact) mass is 241 g/mol. The Morgan fingerprint density at radius 1 is 1.29 bits per heavy atom. The molecule has 1 heterocycles. The second-order valence-electron chi connectivity index (χ2n) is 6.01. The third kappa shape index (κ3) is 4.23. The Kier molecular flexibility index (Phi) is 4.83. The van der Waals surface area contributed by atoms with Crippen LogP contribution in [0, 0.1) is 5.92 Å². The molecule has 0 spiro atoms. The zero-order chi connectivity index (χ0) is 12.1. The van der Waals surface area contributed by atoms with Crippen molar-refractivity contribution >= 4 is 0 Å². The van der Waals surface area contributed by atoms with Gasteiger partial charge in [-0.25, -0.2) is 0 Å². The van der Waals surface area contributed by atoms with Gasteiger partial charge in [0.25, 0.3) is 0 Å². The van der Waals surface area contributed by atoms with Gasteiger partial charge in [0, 0.05) is 13.2 Å². The standard InChI is InChI=1S/C14H27NO2/c1-12-4-7-14(16,8-5-12)11-15-9-6-13-3-2-10-17-13/h12-13,15-16H,2-11H2,1H3. The van der Waals surface area contributed by atoms with Gasteiger partial charge in [-0.15, -0.1) is 0 Å². The third-order valence-electron chi connectivity index (χ3n) is 4.33. The van der Waals surface area contributed by atoms with Crippen LogP contribution in [0.25, 0.3) is 0 Å². The molecule has 1 saturated carbocycles. The molecule has 17 heavy (non-hydrogen) atoms. The van der Waals surface area contributed by atoms with E-state index < -0.39 is 5.60 Å². The molecule has 2 aliphatic rings. The van der Waals surface area contributed by atoms with Crippen molar-refractivity contribution in [1.82, 2.24) is 5.32 Å². The van der Waals surface area contributed by atoms with Crippen molar-refractivity contribution in [2.75, 3.05) is 19.7 Å². The molecule has 0 aromatic rings. The molecule has 1 atom stereocenters. The van der Waals surface area contributed by atoms with Crippen molar-refractivity contribution in [2.45, 2.75) is 63.6 Å². The Labute approximate surface area is 105 Å². The molecule has 2 rings (SSSR count). The van der Waals surface area contributed by atoms with Crippen molar-refractivity contribution in [3.63, 3.8) is 0 Å². The van der Waals surface area contributed by atoms with Gasteiger partial charge in [-0.1, -0.05) is 6.92 Å². The summed E-state index contributed by atoms with van der Waals surface area (Å²) in [5.41, 5.74) is -0.441. The molecule has 0 amide bonds. The quantitative estimate of drug-likeness (QED) is 0.724. The number of aliphatic hydroxyl groups is 1. The highest BCUT2D eigenvalue weighted by Crippen LogP contribution is 2.31. The largest absolute Gasteiger partial charge is 0.389 e. The Balaban J connectivity index is 1.57. The first-order valence-corrected chi connectivity index (χ1v) is 7.23. The van der Waals surface area contributed by atoms with Crippen molar-refractivity contribution in [3.05, 3.63) is 0 Å². The van der Waals surface area contributed by atoms with E-state index in [9.17, 15) is 5.11 Å². The van der Waals surface area contributed by atoms with Crippen LogP contribution in [0.15, 0.2) is 0 Å². The van der Waals surface area contributed by atoms with Crippen molar-refractivity contribution in [3.8, 4) is 0 Å². The van der Waals surface area contributed by atoms with Crippen molar-refractivity contribution in [1.29, 1.82) is 0 Å². The predicted molar refractivity (Wildman–Crippen MR) is 69.0 cm³/mol. The summed E-state index contributed by atoms with van der Waals surface area (Å²) in [5.74, 6) is 0.794. The first-order valence-electron chi connectivity index (χ1n) is 7.23. The average Bonchev–Trinajstić information content (AvgIpc) is 2.82. The average molecular weight is 241 g/mol. The molecule has 100 valence electrons. The molecule has 1 aliphatic heterocycles. The molecular weight excluding hydrogens is 214 g/mol. The van der Waals surface area contributed by atoms with Gasteiger partial charge in [0.1, 0.15) is 0 Å². The molecule has 3 nitrogen and oxygen atoms in total. The van der Waals surface area contributed by atoms with Crippen LogP contribution in [0.5, 0.6) is 0 Å². The van der Waals surface area contributed by atoms with Crippen molar-refractivity contribution < 1.29 is 9.84 Å². The van der Waals surface area contributed by atoms with E-state index in [1.54, 1.807) is 0 Å². The molecule has 1 unspecified atom stereocenters. The summed E-state index contributed by atoms with van der Waals surface area (Å²) in [6, 6.07) is 0. The van der Waals surface area contributed by atoms with Gasteiger partial charge in [-0.2, -0.15) is 0 Å². The summed E-state index contributed by atoms with van der Waals surface area (Å²) in [6.07, 6.45) is 8.24. The van der Waals surface area contributed by atoms with Gasteiger partial charge >= 0.3 is 0 Å². The van der Waals surface area contributed by atoms with Crippen LogP contribution in [0.2, 0.25) is 0 Å². The predicted octanol–water partition coefficient (Wildman–Crippen LogP) is 2.09. The highest BCUT2D eigenvalue weighted by Gasteiger charge is 2.31. The molecule has 2 N–H and O–H groups in total. The van der Waals surface area contributed by atoms with Crippen LogP contribution in [-0.4, -0.2) is 36.5 Å². The molecule has 0 radical (unpaired) electrons. The number of nitrogens with one attached hydrogen (secondary N) is 1. The van der Waals surface area contributed by atoms with Crippen LogP contribution >= 0.6 is 0 Å². The third-order valence-corrected chi connectivity index (χ3v) is 4.33. The van der Waals surface area contributed by atoms with E-state index in [4.69, 9.17) is 4.74 Å². The fourth-order valence-electron chi connectivity index (χ4n) is 2.93. The number of rotatable bonds is 5. The lowest BCUT2D eigenvalue weighted by Crippen LogP contribution is -2.43. The molecule has 0 bridgehead atoms. The van der Waals surface area contributed by atoms with E-state index in [1.165, 1.54) is 25.7 Å². The molecule has 1 aliphatic carbocycles. The van der Waals surface area contributed by atoms with Crippen LogP contribution in [0.3, 0.4) is 0 Å². The fraction of sp³-hybridized carbons (Fsp3) is 1.00. The molecule has 1 saturated heterocycles. The number of hydrogen-bond donors (Lipinski definition) is 2. The lowest BCUT2D eigenvalue weighted by Gasteiger charge is -2.35. The summed E-state index contributed by atoms with van der Waals surface area (Å²) in [5, 5.41) is 13.8. The van der Waals surface area contributed by atoms with Crippen LogP contribution in [0.4, 0.5) is 0 Å². The van der Waals surface area contributed by atoms with Crippen molar-refractivity contribution in [2.24, 2.45) is 5.92 Å². The zero-order valence-electron chi connectivity index (χ0n) is 11.1. The number of hydrogen-bond acceptors (Lipinski definition) is 3. The Hall–Kier alpha value is -0.120. The molecule has 0 aromatic carbocycles. The smallest absolute Gasteiger partial charge is 0.0771 e. The summed E-state index contributed by atoms with van der Waals surface area (Å²) < 4.78 is 5.58. The maximum Gasteiger partial charge on any atom is 0.0771 e. The second kappa shape index (κ2) is 6.17. The Morgan fingerprint density at radius 2 is 2.06 bits per heavy atom. The molecule has 0 aromatic heterocycles. The minimum absolute atomic E-state index is 0.441. The second-order valence-corrected chi connectivity index (χ2v) is 6.01. The minimum Gasteiger partial charge on any atom is -0.389 e. The normalized spacial score (nSPS) is 38.5. The minimum atomic E-state index is -0.441. The first kappa shape index (κ1) is 13.3. The van der Waals surface area contributed by atoms with Gasteiger partial charge in [0.15, 0.2) is 0 Å². The van der Waals surface area contributed by atoms with Gasteiger partial charge < -0.3 is 15.2 Å². The van der Waals surface area contributed by atoms with E-state index in [2.05, 4.69) is 12.2 Å². The fourth-order valence-corrected chi connectivity index (χ4v) is 2.93. The van der Waals surface area contributed by atoms with Crippen LogP contribution in [0.1, 0.15) is 51.9 Å². The van der Waals surface area contributed by atoms with Gasteiger partial charge in [-0.3, -0.25) is 0 Å². The van der Waals surface area contributed by atoms with Gasteiger partial charge in [0.05, 0.1) is 11.7 Å². The van der Waals surface area contributed by atoms with E-state index in [1.807, 2.05) is 0 Å². The van der Waals surface area contributed by atoms with E-state index in [-0.39, 0.29) is 0 Å². The van der Waals surface area contributed by atoms with Crippen LogP contribution in [-0.2, 0) is 4.74 Å². The van der Waals surface area contributed by atoms with E-state index in [0.29, 0.717) is 6.10 Å². The SMILES string of the molecule is CC1CCC(O)(CNCCC2CCCO2)CC1. The first-order chi connectivity index (χ1) is 8.18. The lowest BCUT2D eigenvalue weighted by molar-refractivity contribution is -0.00673. The van der Waals surface area contributed by atoms with Gasteiger partial charge in [0.2, 0.25) is 0 Å². The van der Waals surface area contributed by atoms with Gasteiger partial charge in [-0.05, 0) is 57.4 Å². The Morgan fingerprint density at radius 3 is 2.71 bits per heavy atom. The highest BCUT2D eigenvalue weighted by molar-refractivity contribution is 4.86. The summed E-state index contributed by atoms with van der Waals surface area (Å²) in [6.45, 7) is 4.95. The maximum absolute atomic E-state index is 10.4. The molecule has 2 fully saturated rings. The maximum atomic E-state index is 10.4. The highest BCUT2D eigenvalue weighted by atomic mass is 16.5. The molecular formula is C14H27NO2. The zero-order valence-corrected chi connectivity index (χ0v) is 11.1. The molecule has 3 heteroatoms. The Bertz CT molecular complexity index is 218. The summed E-state index contributed by atoms with van der Waals surface area (Å²) in [7, 11) is 0. The lowest BCUT2D eigenvalue weighted by atomic mass is 9.79. The summed E-state index contributed by atoms with van der Waals surface area (Å²) >= 11 is 0. The van der Waals surface area contributed by atoms with Crippen LogP contribution < -0.4 is 5.32 Å². The summed E-state index contributed by atoms with van der Waals surface area (Å²) in [4.78, 5) is 0. The van der Waals surface area contributed by atoms with E-state index in [0.717, 1.165) is 44.9 Å².